The third-order valence-corrected chi connectivity index (χ3v) is 2.73. The Labute approximate surface area is 94.6 Å². The van der Waals surface area contributed by atoms with Gasteiger partial charge >= 0.3 is 0 Å². The molecule has 0 radical (unpaired) electrons. The molecule has 0 amide bonds. The van der Waals surface area contributed by atoms with Gasteiger partial charge in [0.2, 0.25) is 0 Å². The highest BCUT2D eigenvalue weighted by Crippen LogP contribution is 2.23. The van der Waals surface area contributed by atoms with Crippen LogP contribution in [0, 0.1) is 0 Å². The lowest BCUT2D eigenvalue weighted by Crippen LogP contribution is -2.19. The second kappa shape index (κ2) is 5.10. The van der Waals surface area contributed by atoms with Crippen molar-refractivity contribution in [1.82, 2.24) is 5.32 Å². The lowest BCUT2D eigenvalue weighted by Gasteiger charge is -2.14. The highest BCUT2D eigenvalue weighted by Gasteiger charge is 2.08. The molecule has 0 bridgehead atoms. The van der Waals surface area contributed by atoms with Gasteiger partial charge in [0, 0.05) is 8.95 Å². The second-order valence-electron chi connectivity index (χ2n) is 2.73. The van der Waals surface area contributed by atoms with Crippen molar-refractivity contribution in [1.29, 1.82) is 0 Å². The smallest absolute Gasteiger partial charge is 0.0626 e. The molecule has 1 atom stereocenters. The second-order valence-corrected chi connectivity index (χ2v) is 4.56. The summed E-state index contributed by atoms with van der Waals surface area (Å²) in [4.78, 5) is 0. The molecule has 0 aliphatic carbocycles. The first-order valence-electron chi connectivity index (χ1n) is 3.91. The van der Waals surface area contributed by atoms with E-state index >= 15 is 0 Å². The van der Waals surface area contributed by atoms with E-state index in [-0.39, 0.29) is 12.6 Å². The van der Waals surface area contributed by atoms with Crippen LogP contribution in [0.15, 0.2) is 27.1 Å². The molecule has 0 aliphatic heterocycles. The van der Waals surface area contributed by atoms with Crippen LogP contribution in [0.2, 0.25) is 0 Å². The molecule has 2 nitrogen and oxygen atoms in total. The van der Waals surface area contributed by atoms with Gasteiger partial charge in [-0.25, -0.2) is 0 Å². The summed E-state index contributed by atoms with van der Waals surface area (Å²) in [5.74, 6) is 0. The Kier molecular flexibility index (Phi) is 4.38. The number of benzene rings is 1. The van der Waals surface area contributed by atoms with Crippen LogP contribution in [0.5, 0.6) is 0 Å². The van der Waals surface area contributed by atoms with E-state index in [4.69, 9.17) is 5.11 Å². The fourth-order valence-corrected chi connectivity index (χ4v) is 2.47. The summed E-state index contributed by atoms with van der Waals surface area (Å²) in [6.45, 7) is 0.0966. The van der Waals surface area contributed by atoms with Gasteiger partial charge < -0.3 is 10.4 Å². The monoisotopic (exact) mass is 307 g/mol. The van der Waals surface area contributed by atoms with Gasteiger partial charge in [-0.15, -0.1) is 0 Å². The Balaban J connectivity index is 2.99. The maximum absolute atomic E-state index is 9.07. The van der Waals surface area contributed by atoms with Crippen molar-refractivity contribution in [2.75, 3.05) is 13.7 Å². The minimum absolute atomic E-state index is 0.00574. The van der Waals surface area contributed by atoms with E-state index in [0.717, 1.165) is 14.5 Å². The molecule has 1 aromatic rings. The van der Waals surface area contributed by atoms with Crippen molar-refractivity contribution in [3.8, 4) is 0 Å². The molecule has 0 saturated heterocycles. The van der Waals surface area contributed by atoms with Gasteiger partial charge in [-0.2, -0.15) is 0 Å². The van der Waals surface area contributed by atoms with Gasteiger partial charge in [0.1, 0.15) is 0 Å². The Morgan fingerprint density at radius 1 is 1.31 bits per heavy atom. The fraction of sp³-hybridized carbons (Fsp3) is 0.333. The van der Waals surface area contributed by atoms with E-state index in [2.05, 4.69) is 37.2 Å². The Morgan fingerprint density at radius 2 is 1.85 bits per heavy atom. The summed E-state index contributed by atoms with van der Waals surface area (Å²) >= 11 is 6.80. The number of nitrogens with one attached hydrogen (secondary N) is 1. The van der Waals surface area contributed by atoms with E-state index < -0.39 is 0 Å². The summed E-state index contributed by atoms with van der Waals surface area (Å²) in [5.41, 5.74) is 1.06. The van der Waals surface area contributed by atoms with E-state index in [1.807, 2.05) is 25.2 Å². The first-order chi connectivity index (χ1) is 6.17. The molecule has 2 N–H and O–H groups in total. The Hall–Kier alpha value is 0.1000. The third kappa shape index (κ3) is 3.06. The zero-order valence-electron chi connectivity index (χ0n) is 7.22. The summed E-state index contributed by atoms with van der Waals surface area (Å²) in [6, 6.07) is 5.94. The van der Waals surface area contributed by atoms with E-state index in [1.165, 1.54) is 0 Å². The van der Waals surface area contributed by atoms with Crippen LogP contribution >= 0.6 is 31.9 Å². The van der Waals surface area contributed by atoms with Crippen LogP contribution in [0.4, 0.5) is 0 Å². The number of hydrogen-bond acceptors (Lipinski definition) is 2. The Bertz CT molecular complexity index is 267. The number of hydrogen-bond donors (Lipinski definition) is 2. The average Bonchev–Trinajstić information content (AvgIpc) is 2.04. The molecule has 1 aromatic carbocycles. The van der Waals surface area contributed by atoms with Crippen LogP contribution in [-0.2, 0) is 0 Å². The first-order valence-corrected chi connectivity index (χ1v) is 5.50. The van der Waals surface area contributed by atoms with E-state index in [9.17, 15) is 0 Å². The van der Waals surface area contributed by atoms with E-state index in [1.54, 1.807) is 0 Å². The Morgan fingerprint density at radius 3 is 2.23 bits per heavy atom. The predicted octanol–water partition coefficient (Wildman–Crippen LogP) is 2.46. The molecule has 13 heavy (non-hydrogen) atoms. The predicted molar refractivity (Wildman–Crippen MR) is 60.7 cm³/mol. The highest BCUT2D eigenvalue weighted by molar-refractivity contribution is 9.11. The SMILES string of the molecule is CN[C@@H](CO)c1cc(Br)cc(Br)c1. The maximum atomic E-state index is 9.07. The van der Waals surface area contributed by atoms with Crippen LogP contribution in [0.1, 0.15) is 11.6 Å². The minimum atomic E-state index is -0.00574. The van der Waals surface area contributed by atoms with Gasteiger partial charge in [-0.3, -0.25) is 0 Å². The number of aliphatic hydroxyl groups is 1. The van der Waals surface area contributed by atoms with Crippen LogP contribution in [0.3, 0.4) is 0 Å². The van der Waals surface area contributed by atoms with Crippen molar-refractivity contribution >= 4 is 31.9 Å². The van der Waals surface area contributed by atoms with Crippen LogP contribution in [0.25, 0.3) is 0 Å². The van der Waals surface area contributed by atoms with Crippen molar-refractivity contribution in [2.45, 2.75) is 6.04 Å². The molecule has 0 heterocycles. The maximum Gasteiger partial charge on any atom is 0.0626 e. The van der Waals surface area contributed by atoms with Crippen LogP contribution < -0.4 is 5.32 Å². The third-order valence-electron chi connectivity index (χ3n) is 1.82. The van der Waals surface area contributed by atoms with Crippen molar-refractivity contribution in [3.05, 3.63) is 32.7 Å². The normalized spacial score (nSPS) is 12.9. The molecule has 0 aromatic heterocycles. The molecule has 0 fully saturated rings. The summed E-state index contributed by atoms with van der Waals surface area (Å²) in [6.07, 6.45) is 0. The molecule has 0 saturated carbocycles. The molecule has 0 spiro atoms. The molecular formula is C9H11Br2NO. The summed E-state index contributed by atoms with van der Waals surface area (Å²) in [5, 5.41) is 12.1. The molecule has 1 rings (SSSR count). The molecule has 0 aliphatic rings. The summed E-state index contributed by atoms with van der Waals surface area (Å²) in [7, 11) is 1.83. The number of aliphatic hydroxyl groups excluding tert-OH is 1. The first kappa shape index (κ1) is 11.2. The molecule has 4 heteroatoms. The van der Waals surface area contributed by atoms with Crippen molar-refractivity contribution in [2.24, 2.45) is 0 Å². The molecular weight excluding hydrogens is 298 g/mol. The van der Waals surface area contributed by atoms with Crippen molar-refractivity contribution in [3.63, 3.8) is 0 Å². The number of rotatable bonds is 3. The van der Waals surface area contributed by atoms with Gasteiger partial charge in [-0.05, 0) is 30.8 Å². The standard InChI is InChI=1S/C9H11Br2NO/c1-12-9(5-13)6-2-7(10)4-8(11)3-6/h2-4,9,12-13H,5H2,1H3/t9-/m0/s1. The zero-order valence-corrected chi connectivity index (χ0v) is 10.4. The minimum Gasteiger partial charge on any atom is -0.394 e. The lowest BCUT2D eigenvalue weighted by molar-refractivity contribution is 0.251. The largest absolute Gasteiger partial charge is 0.394 e. The van der Waals surface area contributed by atoms with Gasteiger partial charge in [0.15, 0.2) is 0 Å². The van der Waals surface area contributed by atoms with Crippen molar-refractivity contribution < 1.29 is 5.11 Å². The molecule has 72 valence electrons. The summed E-state index contributed by atoms with van der Waals surface area (Å²) < 4.78 is 2.01. The average molecular weight is 309 g/mol. The topological polar surface area (TPSA) is 32.3 Å². The van der Waals surface area contributed by atoms with E-state index in [0.29, 0.717) is 0 Å². The quantitative estimate of drug-likeness (QED) is 0.899. The van der Waals surface area contributed by atoms with Gasteiger partial charge in [-0.1, -0.05) is 31.9 Å². The molecule has 0 unspecified atom stereocenters. The fourth-order valence-electron chi connectivity index (χ4n) is 1.14. The number of likely N-dealkylation sites (N-methyl/N-ethyl adjacent to an activating group) is 1. The lowest BCUT2D eigenvalue weighted by atomic mass is 10.1. The van der Waals surface area contributed by atoms with Gasteiger partial charge in [0.05, 0.1) is 12.6 Å². The number of halogens is 2. The van der Waals surface area contributed by atoms with Gasteiger partial charge in [0.25, 0.3) is 0 Å². The zero-order chi connectivity index (χ0) is 9.84. The highest BCUT2D eigenvalue weighted by atomic mass is 79.9. The van der Waals surface area contributed by atoms with Crippen LogP contribution in [-0.4, -0.2) is 18.8 Å².